The van der Waals surface area contributed by atoms with Crippen LogP contribution in [-0.2, 0) is 6.54 Å². The van der Waals surface area contributed by atoms with E-state index in [4.69, 9.17) is 10.7 Å². The van der Waals surface area contributed by atoms with Crippen LogP contribution in [0.4, 0.5) is 5.82 Å². The molecule has 4 nitrogen and oxygen atoms in total. The van der Waals surface area contributed by atoms with Crippen LogP contribution in [0.15, 0.2) is 60.7 Å². The van der Waals surface area contributed by atoms with Gasteiger partial charge >= 0.3 is 0 Å². The van der Waals surface area contributed by atoms with Crippen molar-refractivity contribution in [2.24, 2.45) is 5.73 Å². The number of nitrogens with two attached hydrogens (primary N) is 1. The molecular formula is C18H18N4. The topological polar surface area (TPSA) is 63.8 Å². The van der Waals surface area contributed by atoms with Gasteiger partial charge in [-0.05, 0) is 0 Å². The minimum atomic E-state index is 0.384. The zero-order chi connectivity index (χ0) is 15.4. The van der Waals surface area contributed by atoms with Crippen LogP contribution < -0.4 is 11.1 Å². The first-order valence-electron chi connectivity index (χ1n) is 7.23. The zero-order valence-electron chi connectivity index (χ0n) is 12.5. The van der Waals surface area contributed by atoms with Crippen LogP contribution >= 0.6 is 0 Å². The fourth-order valence-corrected chi connectivity index (χ4v) is 2.44. The Bertz CT molecular complexity index is 755. The molecule has 3 rings (SSSR count). The summed E-state index contributed by atoms with van der Waals surface area (Å²) < 4.78 is 0. The summed E-state index contributed by atoms with van der Waals surface area (Å²) >= 11 is 0. The van der Waals surface area contributed by atoms with E-state index in [1.165, 1.54) is 0 Å². The number of aromatic nitrogens is 2. The lowest BCUT2D eigenvalue weighted by Crippen LogP contribution is -2.09. The largest absolute Gasteiger partial charge is 0.373 e. The van der Waals surface area contributed by atoms with E-state index in [1.54, 1.807) is 0 Å². The Hall–Kier alpha value is -2.72. The molecule has 4 heteroatoms. The van der Waals surface area contributed by atoms with Crippen LogP contribution in [-0.4, -0.2) is 17.0 Å². The van der Waals surface area contributed by atoms with Gasteiger partial charge in [0.05, 0.1) is 5.69 Å². The van der Waals surface area contributed by atoms with Crippen LogP contribution in [0.3, 0.4) is 0 Å². The van der Waals surface area contributed by atoms with Crippen LogP contribution in [0.2, 0.25) is 0 Å². The summed E-state index contributed by atoms with van der Waals surface area (Å²) in [5.41, 5.74) is 9.76. The van der Waals surface area contributed by atoms with Gasteiger partial charge < -0.3 is 11.1 Å². The van der Waals surface area contributed by atoms with Gasteiger partial charge in [-0.3, -0.25) is 0 Å². The van der Waals surface area contributed by atoms with Crippen molar-refractivity contribution in [1.82, 2.24) is 9.97 Å². The molecule has 22 heavy (non-hydrogen) atoms. The van der Waals surface area contributed by atoms with Crippen molar-refractivity contribution in [2.45, 2.75) is 6.54 Å². The molecular weight excluding hydrogens is 272 g/mol. The molecule has 1 heterocycles. The third kappa shape index (κ3) is 2.69. The maximum atomic E-state index is 5.93. The molecule has 3 aromatic rings. The second-order valence-corrected chi connectivity index (χ2v) is 4.91. The molecule has 0 saturated heterocycles. The number of anilines is 1. The molecule has 1 aromatic heterocycles. The number of nitrogens with one attached hydrogen (secondary N) is 1. The van der Waals surface area contributed by atoms with Crippen LogP contribution in [0.5, 0.6) is 0 Å². The van der Waals surface area contributed by atoms with Crippen LogP contribution in [0, 0.1) is 0 Å². The molecule has 0 aliphatic carbocycles. The molecule has 3 N–H and O–H groups in total. The lowest BCUT2D eigenvalue weighted by Gasteiger charge is -2.14. The summed E-state index contributed by atoms with van der Waals surface area (Å²) in [6.07, 6.45) is 0. The average molecular weight is 290 g/mol. The number of hydrogen-bond donors (Lipinski definition) is 2. The van der Waals surface area contributed by atoms with Crippen molar-refractivity contribution >= 4 is 5.82 Å². The highest BCUT2D eigenvalue weighted by Gasteiger charge is 2.14. The fraction of sp³-hybridized carbons (Fsp3) is 0.111. The minimum Gasteiger partial charge on any atom is -0.373 e. The van der Waals surface area contributed by atoms with E-state index in [1.807, 2.05) is 67.7 Å². The van der Waals surface area contributed by atoms with Crippen LogP contribution in [0.25, 0.3) is 22.6 Å². The molecule has 0 bridgehead atoms. The number of benzene rings is 2. The third-order valence-electron chi connectivity index (χ3n) is 3.53. The van der Waals surface area contributed by atoms with Crippen molar-refractivity contribution in [3.05, 3.63) is 66.2 Å². The molecule has 0 aliphatic rings. The molecule has 0 aliphatic heterocycles. The molecule has 2 aromatic carbocycles. The predicted octanol–water partition coefficient (Wildman–Crippen LogP) is 3.31. The summed E-state index contributed by atoms with van der Waals surface area (Å²) in [4.78, 5) is 9.38. The van der Waals surface area contributed by atoms with E-state index >= 15 is 0 Å². The fourth-order valence-electron chi connectivity index (χ4n) is 2.44. The van der Waals surface area contributed by atoms with E-state index in [-0.39, 0.29) is 0 Å². The number of nitrogens with zero attached hydrogens (tertiary/aromatic N) is 2. The van der Waals surface area contributed by atoms with E-state index in [0.29, 0.717) is 12.4 Å². The second kappa shape index (κ2) is 6.37. The summed E-state index contributed by atoms with van der Waals surface area (Å²) in [5.74, 6) is 1.47. The highest BCUT2D eigenvalue weighted by atomic mass is 15.0. The van der Waals surface area contributed by atoms with Gasteiger partial charge in [0, 0.05) is 30.3 Å². The lowest BCUT2D eigenvalue weighted by atomic mass is 10.1. The van der Waals surface area contributed by atoms with E-state index in [2.05, 4.69) is 10.3 Å². The summed E-state index contributed by atoms with van der Waals surface area (Å²) in [6, 6.07) is 20.0. The molecule has 0 saturated carbocycles. The van der Waals surface area contributed by atoms with Crippen molar-refractivity contribution in [1.29, 1.82) is 0 Å². The number of rotatable bonds is 4. The summed E-state index contributed by atoms with van der Waals surface area (Å²) in [7, 11) is 1.85. The summed E-state index contributed by atoms with van der Waals surface area (Å²) in [6.45, 7) is 0.384. The Morgan fingerprint density at radius 1 is 0.864 bits per heavy atom. The smallest absolute Gasteiger partial charge is 0.162 e. The van der Waals surface area contributed by atoms with Gasteiger partial charge in [0.1, 0.15) is 5.82 Å². The SMILES string of the molecule is CNc1nc(-c2ccccc2)nc(-c2ccccc2)c1CN. The monoisotopic (exact) mass is 290 g/mol. The van der Waals surface area contributed by atoms with Crippen LogP contribution in [0.1, 0.15) is 5.56 Å². The van der Waals surface area contributed by atoms with Gasteiger partial charge in [-0.15, -0.1) is 0 Å². The maximum absolute atomic E-state index is 5.93. The Morgan fingerprint density at radius 3 is 2.00 bits per heavy atom. The highest BCUT2D eigenvalue weighted by Crippen LogP contribution is 2.29. The lowest BCUT2D eigenvalue weighted by molar-refractivity contribution is 1.02. The third-order valence-corrected chi connectivity index (χ3v) is 3.53. The Morgan fingerprint density at radius 2 is 1.45 bits per heavy atom. The van der Waals surface area contributed by atoms with Gasteiger partial charge in [0.25, 0.3) is 0 Å². The van der Waals surface area contributed by atoms with Crippen molar-refractivity contribution in [2.75, 3.05) is 12.4 Å². The first kappa shape index (κ1) is 14.2. The van der Waals surface area contributed by atoms with Gasteiger partial charge in [0.2, 0.25) is 0 Å². The van der Waals surface area contributed by atoms with Crippen molar-refractivity contribution in [3.63, 3.8) is 0 Å². The molecule has 0 unspecified atom stereocenters. The average Bonchev–Trinajstić information content (AvgIpc) is 2.62. The Kier molecular flexibility index (Phi) is 4.12. The molecule has 0 fully saturated rings. The van der Waals surface area contributed by atoms with E-state index in [9.17, 15) is 0 Å². The van der Waals surface area contributed by atoms with Gasteiger partial charge in [-0.25, -0.2) is 9.97 Å². The standard InChI is InChI=1S/C18H18N4/c1-20-18-15(12-19)16(13-8-4-2-5-9-13)21-17(22-18)14-10-6-3-7-11-14/h2-11H,12,19H2,1H3,(H,20,21,22). The van der Waals surface area contributed by atoms with E-state index < -0.39 is 0 Å². The number of hydrogen-bond acceptors (Lipinski definition) is 4. The van der Waals surface area contributed by atoms with E-state index in [0.717, 1.165) is 28.2 Å². The maximum Gasteiger partial charge on any atom is 0.162 e. The van der Waals surface area contributed by atoms with Gasteiger partial charge in [0.15, 0.2) is 5.82 Å². The normalized spacial score (nSPS) is 10.5. The Labute approximate surface area is 130 Å². The quantitative estimate of drug-likeness (QED) is 0.773. The minimum absolute atomic E-state index is 0.384. The van der Waals surface area contributed by atoms with Crippen molar-refractivity contribution < 1.29 is 0 Å². The zero-order valence-corrected chi connectivity index (χ0v) is 12.5. The molecule has 0 amide bonds. The van der Waals surface area contributed by atoms with Crippen molar-refractivity contribution in [3.8, 4) is 22.6 Å². The second-order valence-electron chi connectivity index (χ2n) is 4.91. The first-order valence-corrected chi connectivity index (χ1v) is 7.23. The molecule has 0 radical (unpaired) electrons. The van der Waals surface area contributed by atoms with Gasteiger partial charge in [-0.2, -0.15) is 0 Å². The first-order chi connectivity index (χ1) is 10.8. The van der Waals surface area contributed by atoms with Gasteiger partial charge in [-0.1, -0.05) is 60.7 Å². The molecule has 110 valence electrons. The summed E-state index contributed by atoms with van der Waals surface area (Å²) in [5, 5.41) is 3.14. The predicted molar refractivity (Wildman–Crippen MR) is 90.3 cm³/mol. The highest BCUT2D eigenvalue weighted by molar-refractivity contribution is 5.72. The molecule has 0 atom stereocenters. The molecule has 0 spiro atoms. The Balaban J connectivity index is 2.23.